The van der Waals surface area contributed by atoms with Gasteiger partial charge in [0.2, 0.25) is 5.91 Å². The van der Waals surface area contributed by atoms with Gasteiger partial charge in [-0.25, -0.2) is 4.79 Å². The van der Waals surface area contributed by atoms with E-state index in [1.807, 2.05) is 27.1 Å². The van der Waals surface area contributed by atoms with E-state index in [4.69, 9.17) is 0 Å². The molecule has 2 N–H and O–H groups in total. The molecule has 4 rings (SSSR count). The molecule has 1 aliphatic heterocycles. The van der Waals surface area contributed by atoms with Crippen LogP contribution in [0.5, 0.6) is 0 Å². The number of likely N-dealkylation sites (tertiary alicyclic amines) is 1. The van der Waals surface area contributed by atoms with Gasteiger partial charge in [-0.05, 0) is 64.0 Å². The molecule has 2 aromatic rings. The summed E-state index contributed by atoms with van der Waals surface area (Å²) in [7, 11) is 4.01. The summed E-state index contributed by atoms with van der Waals surface area (Å²) in [6, 6.07) is 6.50. The van der Waals surface area contributed by atoms with Crippen LogP contribution in [0.1, 0.15) is 36.8 Å². The van der Waals surface area contributed by atoms with Crippen LogP contribution in [-0.2, 0) is 11.2 Å². The SMILES string of the molecule is C=CCN1C[C@H](C(=O)N(CCCN(C)C)C(=O)NCC)C[C@@H]2c3cccc4[nH]cc(c34)C[C@@H]21. The van der Waals surface area contributed by atoms with Crippen molar-refractivity contribution in [2.75, 3.05) is 46.8 Å². The van der Waals surface area contributed by atoms with E-state index in [0.717, 1.165) is 37.9 Å². The van der Waals surface area contributed by atoms with Gasteiger partial charge in [0.05, 0.1) is 5.92 Å². The van der Waals surface area contributed by atoms with Crippen LogP contribution in [-0.4, -0.2) is 84.5 Å². The molecule has 1 fully saturated rings. The predicted octanol–water partition coefficient (Wildman–Crippen LogP) is 3.19. The quantitative estimate of drug-likeness (QED) is 0.605. The molecular formula is C26H37N5O2. The lowest BCUT2D eigenvalue weighted by Gasteiger charge is -2.47. The smallest absolute Gasteiger partial charge is 0.324 e. The van der Waals surface area contributed by atoms with E-state index in [0.29, 0.717) is 25.7 Å². The normalized spacial score (nSPS) is 22.2. The number of urea groups is 1. The first-order valence-electron chi connectivity index (χ1n) is 12.1. The summed E-state index contributed by atoms with van der Waals surface area (Å²) in [4.78, 5) is 35.9. The number of fused-ring (bicyclic) bond motifs is 2. The summed E-state index contributed by atoms with van der Waals surface area (Å²) in [6.45, 7) is 9.02. The van der Waals surface area contributed by atoms with Gasteiger partial charge in [0.1, 0.15) is 0 Å². The summed E-state index contributed by atoms with van der Waals surface area (Å²) in [5, 5.41) is 4.16. The molecule has 1 aromatic carbocycles. The highest BCUT2D eigenvalue weighted by atomic mass is 16.2. The minimum Gasteiger partial charge on any atom is -0.361 e. The lowest BCUT2D eigenvalue weighted by atomic mass is 9.72. The van der Waals surface area contributed by atoms with Crippen LogP contribution in [0.2, 0.25) is 0 Å². The molecule has 0 saturated carbocycles. The van der Waals surface area contributed by atoms with Crippen molar-refractivity contribution in [1.29, 1.82) is 0 Å². The van der Waals surface area contributed by atoms with Crippen LogP contribution in [0.3, 0.4) is 0 Å². The van der Waals surface area contributed by atoms with E-state index in [2.05, 4.69) is 51.1 Å². The molecule has 1 aliphatic carbocycles. The van der Waals surface area contributed by atoms with Gasteiger partial charge in [-0.1, -0.05) is 18.2 Å². The number of benzene rings is 1. The zero-order valence-electron chi connectivity index (χ0n) is 20.1. The lowest BCUT2D eigenvalue weighted by molar-refractivity contribution is -0.135. The third-order valence-electron chi connectivity index (χ3n) is 7.11. The number of H-pyrrole nitrogens is 1. The highest BCUT2D eigenvalue weighted by molar-refractivity contribution is 5.96. The van der Waals surface area contributed by atoms with Crippen molar-refractivity contribution >= 4 is 22.8 Å². The first kappa shape index (κ1) is 23.5. The average Bonchev–Trinajstić information content (AvgIpc) is 3.21. The number of amides is 3. The Balaban J connectivity index is 1.61. The predicted molar refractivity (Wildman–Crippen MR) is 132 cm³/mol. The summed E-state index contributed by atoms with van der Waals surface area (Å²) in [6.07, 6.45) is 6.56. The summed E-state index contributed by atoms with van der Waals surface area (Å²) in [5.74, 6) is -0.0133. The molecule has 1 aromatic heterocycles. The van der Waals surface area contributed by atoms with Crippen molar-refractivity contribution < 1.29 is 9.59 Å². The van der Waals surface area contributed by atoms with E-state index in [1.54, 1.807) is 0 Å². The molecule has 0 bridgehead atoms. The summed E-state index contributed by atoms with van der Waals surface area (Å²) >= 11 is 0. The number of hydrogen-bond donors (Lipinski definition) is 2. The fourth-order valence-corrected chi connectivity index (χ4v) is 5.68. The third-order valence-corrected chi connectivity index (χ3v) is 7.11. The molecule has 2 heterocycles. The molecule has 0 spiro atoms. The Morgan fingerprint density at radius 2 is 2.12 bits per heavy atom. The van der Waals surface area contributed by atoms with Gasteiger partial charge < -0.3 is 15.2 Å². The second kappa shape index (κ2) is 10.1. The number of nitrogens with one attached hydrogen (secondary N) is 2. The van der Waals surface area contributed by atoms with E-state index < -0.39 is 0 Å². The largest absolute Gasteiger partial charge is 0.361 e. The Labute approximate surface area is 196 Å². The van der Waals surface area contributed by atoms with Crippen LogP contribution >= 0.6 is 0 Å². The number of hydrogen-bond acceptors (Lipinski definition) is 4. The van der Waals surface area contributed by atoms with Crippen LogP contribution in [0.25, 0.3) is 10.9 Å². The molecule has 33 heavy (non-hydrogen) atoms. The van der Waals surface area contributed by atoms with Crippen LogP contribution in [0, 0.1) is 5.92 Å². The summed E-state index contributed by atoms with van der Waals surface area (Å²) in [5.41, 5.74) is 3.84. The number of aromatic nitrogens is 1. The second-order valence-corrected chi connectivity index (χ2v) is 9.62. The second-order valence-electron chi connectivity index (χ2n) is 9.62. The lowest BCUT2D eigenvalue weighted by Crippen LogP contribution is -2.55. The first-order valence-corrected chi connectivity index (χ1v) is 12.1. The molecule has 1 saturated heterocycles. The minimum absolute atomic E-state index is 0.0562. The van der Waals surface area contributed by atoms with Gasteiger partial charge in [-0.15, -0.1) is 6.58 Å². The molecule has 0 unspecified atom stereocenters. The van der Waals surface area contributed by atoms with E-state index >= 15 is 0 Å². The van der Waals surface area contributed by atoms with E-state index in [1.165, 1.54) is 21.4 Å². The highest BCUT2D eigenvalue weighted by Crippen LogP contribution is 2.45. The molecule has 3 atom stereocenters. The van der Waals surface area contributed by atoms with Crippen LogP contribution < -0.4 is 5.32 Å². The Kier molecular flexibility index (Phi) is 7.20. The van der Waals surface area contributed by atoms with Crippen molar-refractivity contribution in [3.8, 4) is 0 Å². The Morgan fingerprint density at radius 3 is 2.85 bits per heavy atom. The number of aromatic amines is 1. The molecule has 7 heteroatoms. The zero-order chi connectivity index (χ0) is 23.5. The molecule has 0 radical (unpaired) electrons. The van der Waals surface area contributed by atoms with Gasteiger partial charge >= 0.3 is 6.03 Å². The highest BCUT2D eigenvalue weighted by Gasteiger charge is 2.43. The van der Waals surface area contributed by atoms with Gasteiger partial charge in [-0.3, -0.25) is 14.6 Å². The van der Waals surface area contributed by atoms with Crippen LogP contribution in [0.15, 0.2) is 37.1 Å². The zero-order valence-corrected chi connectivity index (χ0v) is 20.1. The van der Waals surface area contributed by atoms with Gasteiger partial charge in [0, 0.05) is 55.2 Å². The average molecular weight is 452 g/mol. The topological polar surface area (TPSA) is 71.7 Å². The molecule has 2 aliphatic rings. The molecule has 3 amide bonds. The van der Waals surface area contributed by atoms with Gasteiger partial charge in [-0.2, -0.15) is 0 Å². The number of rotatable bonds is 8. The van der Waals surface area contributed by atoms with Crippen LogP contribution in [0.4, 0.5) is 4.79 Å². The van der Waals surface area contributed by atoms with Crippen molar-refractivity contribution in [2.24, 2.45) is 5.92 Å². The Morgan fingerprint density at radius 1 is 1.30 bits per heavy atom. The number of carbonyl (C=O) groups excluding carboxylic acids is 2. The molecular weight excluding hydrogens is 414 g/mol. The first-order chi connectivity index (χ1) is 15.9. The maximum atomic E-state index is 13.7. The van der Waals surface area contributed by atoms with Gasteiger partial charge in [0.25, 0.3) is 0 Å². The summed E-state index contributed by atoms with van der Waals surface area (Å²) < 4.78 is 0. The Hall–Kier alpha value is -2.64. The van der Waals surface area contributed by atoms with E-state index in [9.17, 15) is 9.59 Å². The fourth-order valence-electron chi connectivity index (χ4n) is 5.68. The van der Waals surface area contributed by atoms with Crippen molar-refractivity contribution in [1.82, 2.24) is 25.0 Å². The Bertz CT molecular complexity index is 1010. The minimum atomic E-state index is -0.280. The standard InChI is InChI=1S/C26H37N5O2/c1-5-11-30-17-19(25(32)31(26(33)27-6-2)13-8-12-29(3)4)14-21-20-9-7-10-22-24(20)18(16-28-22)15-23(21)30/h5,7,9-10,16,19,21,23,28H,1,6,8,11-15,17H2,2-4H3,(H,27,33)/t19-,21-,23+/m1/s1. The van der Waals surface area contributed by atoms with Gasteiger partial charge in [0.15, 0.2) is 0 Å². The fraction of sp³-hybridized carbons (Fsp3) is 0.538. The number of carbonyl (C=O) groups is 2. The van der Waals surface area contributed by atoms with Crippen molar-refractivity contribution in [3.63, 3.8) is 0 Å². The molecule has 7 nitrogen and oxygen atoms in total. The molecule has 178 valence electrons. The van der Waals surface area contributed by atoms with Crippen molar-refractivity contribution in [2.45, 2.75) is 38.1 Å². The third kappa shape index (κ3) is 4.70. The monoisotopic (exact) mass is 451 g/mol. The van der Waals surface area contributed by atoms with Crippen molar-refractivity contribution in [3.05, 3.63) is 48.2 Å². The number of piperidine rings is 1. The maximum absolute atomic E-state index is 13.7. The maximum Gasteiger partial charge on any atom is 0.324 e. The van der Waals surface area contributed by atoms with E-state index in [-0.39, 0.29) is 23.8 Å². The number of imide groups is 1. The number of nitrogens with zero attached hydrogens (tertiary/aromatic N) is 3.